The van der Waals surface area contributed by atoms with E-state index in [1.807, 2.05) is 66.2 Å². The number of rotatable bonds is 8. The molecule has 2 aromatic rings. The highest BCUT2D eigenvalue weighted by Gasteiger charge is 2.20. The van der Waals surface area contributed by atoms with E-state index in [0.717, 1.165) is 17.7 Å². The Kier molecular flexibility index (Phi) is 7.11. The van der Waals surface area contributed by atoms with Gasteiger partial charge in [-0.3, -0.25) is 4.79 Å². The number of amides is 1. The highest BCUT2D eigenvalue weighted by Crippen LogP contribution is 2.25. The van der Waals surface area contributed by atoms with E-state index in [4.69, 9.17) is 0 Å². The third-order valence-electron chi connectivity index (χ3n) is 4.34. The number of nitrogens with zero attached hydrogens (tertiary/aromatic N) is 1. The monoisotopic (exact) mass is 382 g/mol. The molecule has 0 radical (unpaired) electrons. The summed E-state index contributed by atoms with van der Waals surface area (Å²) in [7, 11) is 0. The van der Waals surface area contributed by atoms with Gasteiger partial charge in [-0.2, -0.15) is 0 Å². The van der Waals surface area contributed by atoms with Gasteiger partial charge in [0.15, 0.2) is 0 Å². The van der Waals surface area contributed by atoms with Crippen molar-refractivity contribution in [2.24, 2.45) is 0 Å². The van der Waals surface area contributed by atoms with Crippen LogP contribution in [0.1, 0.15) is 17.5 Å². The number of halogens is 1. The van der Waals surface area contributed by atoms with E-state index in [2.05, 4.69) is 10.2 Å². The molecule has 140 valence electrons. The first kappa shape index (κ1) is 19.2. The van der Waals surface area contributed by atoms with Crippen molar-refractivity contribution in [3.63, 3.8) is 0 Å². The average Bonchev–Trinajstić information content (AvgIpc) is 3.14. The summed E-state index contributed by atoms with van der Waals surface area (Å²) in [6, 6.07) is 16.8. The Morgan fingerprint density at radius 3 is 2.74 bits per heavy atom. The van der Waals surface area contributed by atoms with Crippen molar-refractivity contribution in [2.45, 2.75) is 18.2 Å². The van der Waals surface area contributed by atoms with Crippen LogP contribution in [-0.2, 0) is 11.2 Å². The van der Waals surface area contributed by atoms with Crippen LogP contribution in [0.5, 0.6) is 0 Å². The van der Waals surface area contributed by atoms with E-state index in [-0.39, 0.29) is 17.1 Å². The van der Waals surface area contributed by atoms with E-state index in [0.29, 0.717) is 19.4 Å². The molecule has 1 unspecified atom stereocenters. The Morgan fingerprint density at radius 1 is 1.15 bits per heavy atom. The number of nitrogens with one attached hydrogen (secondary N) is 1. The standard InChI is InChI=1S/C22H23FN2OS/c23-20-11-5-4-10-19(20)13-14-25-15-16-27-22(25)17-24-21(26)12-6-9-18-7-2-1-3-8-18/h1-11,15-16,22H,12-14,17H2,(H,24,26). The molecule has 0 aliphatic carbocycles. The third kappa shape index (κ3) is 6.00. The second-order valence-corrected chi connectivity index (χ2v) is 7.36. The first-order chi connectivity index (χ1) is 13.2. The lowest BCUT2D eigenvalue weighted by atomic mass is 10.1. The van der Waals surface area contributed by atoms with Gasteiger partial charge in [0.05, 0.1) is 5.37 Å². The van der Waals surface area contributed by atoms with E-state index in [1.54, 1.807) is 17.8 Å². The van der Waals surface area contributed by atoms with Gasteiger partial charge in [0.25, 0.3) is 0 Å². The van der Waals surface area contributed by atoms with Crippen molar-refractivity contribution in [3.05, 3.63) is 89.2 Å². The molecule has 1 aliphatic rings. The van der Waals surface area contributed by atoms with Crippen LogP contribution < -0.4 is 5.32 Å². The third-order valence-corrected chi connectivity index (χ3v) is 5.37. The molecule has 1 N–H and O–H groups in total. The maximum atomic E-state index is 13.8. The van der Waals surface area contributed by atoms with Gasteiger partial charge in [-0.15, -0.1) is 11.8 Å². The molecule has 1 atom stereocenters. The molecule has 1 aliphatic heterocycles. The molecule has 0 saturated carbocycles. The van der Waals surface area contributed by atoms with Gasteiger partial charge in [-0.05, 0) is 29.0 Å². The van der Waals surface area contributed by atoms with Crippen LogP contribution in [0.25, 0.3) is 6.08 Å². The second-order valence-electron chi connectivity index (χ2n) is 6.28. The summed E-state index contributed by atoms with van der Waals surface area (Å²) in [5.74, 6) is -0.160. The molecule has 3 rings (SSSR count). The number of benzene rings is 2. The largest absolute Gasteiger partial charge is 0.363 e. The molecule has 5 heteroatoms. The van der Waals surface area contributed by atoms with Crippen LogP contribution >= 0.6 is 11.8 Å². The maximum Gasteiger partial charge on any atom is 0.223 e. The first-order valence-electron chi connectivity index (χ1n) is 9.02. The molecule has 0 fully saturated rings. The fourth-order valence-corrected chi connectivity index (χ4v) is 3.77. The lowest BCUT2D eigenvalue weighted by Gasteiger charge is -2.25. The van der Waals surface area contributed by atoms with Crippen molar-refractivity contribution in [2.75, 3.05) is 13.1 Å². The summed E-state index contributed by atoms with van der Waals surface area (Å²) in [4.78, 5) is 14.2. The molecule has 2 aromatic carbocycles. The fraction of sp³-hybridized carbons (Fsp3) is 0.227. The summed E-state index contributed by atoms with van der Waals surface area (Å²) in [5.41, 5.74) is 1.80. The van der Waals surface area contributed by atoms with Gasteiger partial charge < -0.3 is 10.2 Å². The van der Waals surface area contributed by atoms with Crippen molar-refractivity contribution < 1.29 is 9.18 Å². The highest BCUT2D eigenvalue weighted by atomic mass is 32.2. The second kappa shape index (κ2) is 9.97. The Bertz CT molecular complexity index is 807. The summed E-state index contributed by atoms with van der Waals surface area (Å²) in [6.07, 6.45) is 6.83. The average molecular weight is 383 g/mol. The maximum absolute atomic E-state index is 13.8. The molecule has 0 saturated heterocycles. The molecular weight excluding hydrogens is 359 g/mol. The van der Waals surface area contributed by atoms with Gasteiger partial charge in [-0.25, -0.2) is 4.39 Å². The first-order valence-corrected chi connectivity index (χ1v) is 9.96. The zero-order chi connectivity index (χ0) is 18.9. The van der Waals surface area contributed by atoms with Crippen LogP contribution in [0, 0.1) is 5.82 Å². The van der Waals surface area contributed by atoms with Gasteiger partial charge in [0, 0.05) is 25.7 Å². The van der Waals surface area contributed by atoms with Gasteiger partial charge in [0.1, 0.15) is 5.82 Å². The predicted octanol–water partition coefficient (Wildman–Crippen LogP) is 4.43. The molecule has 0 spiro atoms. The predicted molar refractivity (Wildman–Crippen MR) is 110 cm³/mol. The molecule has 1 heterocycles. The normalized spacial score (nSPS) is 16.2. The Hall–Kier alpha value is -2.53. The molecular formula is C22H23FN2OS. The number of hydrogen-bond acceptors (Lipinski definition) is 3. The van der Waals surface area contributed by atoms with E-state index < -0.39 is 0 Å². The van der Waals surface area contributed by atoms with Crippen molar-refractivity contribution in [1.29, 1.82) is 0 Å². The van der Waals surface area contributed by atoms with E-state index >= 15 is 0 Å². The quantitative estimate of drug-likeness (QED) is 0.733. The SMILES string of the molecule is O=C(CC=Cc1ccccc1)NCC1SC=CN1CCc1ccccc1F. The molecule has 0 aromatic heterocycles. The molecule has 1 amide bonds. The summed E-state index contributed by atoms with van der Waals surface area (Å²) < 4.78 is 13.8. The zero-order valence-corrected chi connectivity index (χ0v) is 15.9. The molecule has 0 bridgehead atoms. The highest BCUT2D eigenvalue weighted by molar-refractivity contribution is 8.02. The summed E-state index contributed by atoms with van der Waals surface area (Å²) >= 11 is 1.67. The minimum Gasteiger partial charge on any atom is -0.363 e. The minimum atomic E-state index is -0.164. The van der Waals surface area contributed by atoms with Gasteiger partial charge in [-0.1, -0.05) is 60.7 Å². The summed E-state index contributed by atoms with van der Waals surface area (Å²) in [6.45, 7) is 1.28. The molecule has 3 nitrogen and oxygen atoms in total. The van der Waals surface area contributed by atoms with Crippen LogP contribution in [0.15, 0.2) is 72.3 Å². The fourth-order valence-electron chi connectivity index (χ4n) is 2.85. The van der Waals surface area contributed by atoms with Gasteiger partial charge in [0.2, 0.25) is 5.91 Å². The van der Waals surface area contributed by atoms with Crippen molar-refractivity contribution >= 4 is 23.7 Å². The van der Waals surface area contributed by atoms with Crippen molar-refractivity contribution in [3.8, 4) is 0 Å². The Morgan fingerprint density at radius 2 is 1.93 bits per heavy atom. The number of carbonyl (C=O) groups is 1. The topological polar surface area (TPSA) is 32.3 Å². The smallest absolute Gasteiger partial charge is 0.223 e. The lowest BCUT2D eigenvalue weighted by molar-refractivity contribution is -0.120. The minimum absolute atomic E-state index is 0.00346. The lowest BCUT2D eigenvalue weighted by Crippen LogP contribution is -2.38. The van der Waals surface area contributed by atoms with Crippen LogP contribution in [-0.4, -0.2) is 29.3 Å². The zero-order valence-electron chi connectivity index (χ0n) is 15.1. The van der Waals surface area contributed by atoms with E-state index in [9.17, 15) is 9.18 Å². The Balaban J connectivity index is 1.41. The van der Waals surface area contributed by atoms with Crippen molar-refractivity contribution in [1.82, 2.24) is 10.2 Å². The summed E-state index contributed by atoms with van der Waals surface area (Å²) in [5, 5.41) is 5.16. The number of hydrogen-bond donors (Lipinski definition) is 1. The number of carbonyl (C=O) groups excluding carboxylic acids is 1. The molecule has 27 heavy (non-hydrogen) atoms. The Labute approximate surface area is 164 Å². The van der Waals surface area contributed by atoms with E-state index in [1.165, 1.54) is 6.07 Å². The number of thioether (sulfide) groups is 1. The van der Waals surface area contributed by atoms with Gasteiger partial charge >= 0.3 is 0 Å². The van der Waals surface area contributed by atoms with Crippen LogP contribution in [0.4, 0.5) is 4.39 Å². The van der Waals surface area contributed by atoms with Crippen LogP contribution in [0.3, 0.4) is 0 Å². The van der Waals surface area contributed by atoms with Crippen LogP contribution in [0.2, 0.25) is 0 Å².